The predicted octanol–water partition coefficient (Wildman–Crippen LogP) is 1.57. The first-order valence-electron chi connectivity index (χ1n) is 4.32. The molecular weight excluding hydrogens is 198 g/mol. The first-order chi connectivity index (χ1) is 6.83. The lowest BCUT2D eigenvalue weighted by molar-refractivity contribution is -0.134. The molecule has 0 aliphatic carbocycles. The van der Waals surface area contributed by atoms with Crippen molar-refractivity contribution in [2.75, 3.05) is 13.7 Å². The average Bonchev–Trinajstić information content (AvgIpc) is 2.69. The number of ether oxygens (including phenoxy) is 1. The van der Waals surface area contributed by atoms with Gasteiger partial charge >= 0.3 is 5.97 Å². The van der Waals surface area contributed by atoms with Gasteiger partial charge in [0, 0.05) is 18.8 Å². The zero-order chi connectivity index (χ0) is 10.2. The topological polar surface area (TPSA) is 38.3 Å². The normalized spacial score (nSPS) is 10.4. The van der Waals surface area contributed by atoms with Crippen LogP contribution in [-0.2, 0) is 16.0 Å². The molecule has 14 heavy (non-hydrogen) atoms. The van der Waals surface area contributed by atoms with E-state index in [0.29, 0.717) is 0 Å². The van der Waals surface area contributed by atoms with Gasteiger partial charge in [-0.05, 0) is 28.8 Å². The van der Waals surface area contributed by atoms with E-state index in [4.69, 9.17) is 0 Å². The van der Waals surface area contributed by atoms with Crippen molar-refractivity contribution in [3.05, 3.63) is 34.7 Å². The van der Waals surface area contributed by atoms with Gasteiger partial charge in [0.1, 0.15) is 0 Å². The maximum Gasteiger partial charge on any atom is 0.331 e. The zero-order valence-electron chi connectivity index (χ0n) is 8.03. The van der Waals surface area contributed by atoms with Crippen LogP contribution in [0.15, 0.2) is 29.1 Å². The fourth-order valence-electron chi connectivity index (χ4n) is 0.930. The smallest absolute Gasteiger partial charge is 0.331 e. The predicted molar refractivity (Wildman–Crippen MR) is 57.2 cm³/mol. The lowest BCUT2D eigenvalue weighted by Gasteiger charge is -1.97. The van der Waals surface area contributed by atoms with E-state index in [2.05, 4.69) is 26.9 Å². The molecule has 0 saturated carbocycles. The van der Waals surface area contributed by atoms with Gasteiger partial charge in [-0.15, -0.1) is 0 Å². The Morgan fingerprint density at radius 2 is 2.57 bits per heavy atom. The van der Waals surface area contributed by atoms with Crippen molar-refractivity contribution in [2.45, 2.75) is 6.42 Å². The van der Waals surface area contributed by atoms with Gasteiger partial charge < -0.3 is 10.1 Å². The van der Waals surface area contributed by atoms with Gasteiger partial charge in [0.2, 0.25) is 0 Å². The summed E-state index contributed by atoms with van der Waals surface area (Å²) < 4.78 is 4.44. The van der Waals surface area contributed by atoms with Crippen LogP contribution in [0, 0.1) is 0 Å². The second kappa shape index (κ2) is 6.21. The highest BCUT2D eigenvalue weighted by Gasteiger charge is 1.91. The number of hydrogen-bond donors (Lipinski definition) is 1. The van der Waals surface area contributed by atoms with Crippen LogP contribution < -0.4 is 5.32 Å². The maximum atomic E-state index is 10.7. The average molecular weight is 211 g/mol. The number of thiophene rings is 1. The number of carbonyl (C=O) groups excluding carboxylic acids is 1. The Kier molecular flexibility index (Phi) is 4.78. The molecule has 0 aromatic carbocycles. The van der Waals surface area contributed by atoms with Crippen LogP contribution in [0.1, 0.15) is 5.56 Å². The highest BCUT2D eigenvalue weighted by atomic mass is 32.1. The Labute approximate surface area is 87.4 Å². The number of hydrogen-bond acceptors (Lipinski definition) is 4. The standard InChI is InChI=1S/C10H13NO2S/c1-13-10(12)3-6-11-5-2-9-4-7-14-8-9/h3-4,6-8,11H,2,5H2,1H3/b6-3+. The van der Waals surface area contributed by atoms with Crippen molar-refractivity contribution < 1.29 is 9.53 Å². The van der Waals surface area contributed by atoms with E-state index in [0.717, 1.165) is 13.0 Å². The molecular formula is C10H13NO2S. The number of methoxy groups -OCH3 is 1. The third-order valence-corrected chi connectivity index (χ3v) is 2.41. The summed E-state index contributed by atoms with van der Waals surface area (Å²) in [6.07, 6.45) is 3.95. The summed E-state index contributed by atoms with van der Waals surface area (Å²) in [4.78, 5) is 10.7. The van der Waals surface area contributed by atoms with Crippen LogP contribution in [0.2, 0.25) is 0 Å². The molecule has 1 heterocycles. The van der Waals surface area contributed by atoms with Gasteiger partial charge in [0.25, 0.3) is 0 Å². The van der Waals surface area contributed by atoms with Crippen molar-refractivity contribution in [3.8, 4) is 0 Å². The van der Waals surface area contributed by atoms with Crippen molar-refractivity contribution in [2.24, 2.45) is 0 Å². The Morgan fingerprint density at radius 1 is 1.71 bits per heavy atom. The summed E-state index contributed by atoms with van der Waals surface area (Å²) >= 11 is 1.69. The summed E-state index contributed by atoms with van der Waals surface area (Å²) in [5.41, 5.74) is 1.31. The first kappa shape index (κ1) is 10.8. The van der Waals surface area contributed by atoms with Crippen LogP contribution in [0.25, 0.3) is 0 Å². The van der Waals surface area contributed by atoms with Crippen LogP contribution in [0.5, 0.6) is 0 Å². The monoisotopic (exact) mass is 211 g/mol. The molecule has 4 heteroatoms. The minimum atomic E-state index is -0.340. The van der Waals surface area contributed by atoms with E-state index in [1.165, 1.54) is 18.7 Å². The van der Waals surface area contributed by atoms with Gasteiger partial charge in [0.15, 0.2) is 0 Å². The molecule has 1 N–H and O–H groups in total. The van der Waals surface area contributed by atoms with Crippen molar-refractivity contribution in [3.63, 3.8) is 0 Å². The highest BCUT2D eigenvalue weighted by molar-refractivity contribution is 7.07. The van der Waals surface area contributed by atoms with Crippen molar-refractivity contribution in [1.82, 2.24) is 5.32 Å². The summed E-state index contributed by atoms with van der Waals surface area (Å²) in [5, 5.41) is 7.18. The van der Waals surface area contributed by atoms with E-state index < -0.39 is 0 Å². The maximum absolute atomic E-state index is 10.7. The minimum Gasteiger partial charge on any atom is -0.466 e. The number of carbonyl (C=O) groups is 1. The van der Waals surface area contributed by atoms with Gasteiger partial charge in [-0.3, -0.25) is 0 Å². The minimum absolute atomic E-state index is 0.340. The van der Waals surface area contributed by atoms with Gasteiger partial charge in [0.05, 0.1) is 7.11 Å². The molecule has 0 saturated heterocycles. The fraction of sp³-hybridized carbons (Fsp3) is 0.300. The van der Waals surface area contributed by atoms with Crippen molar-refractivity contribution in [1.29, 1.82) is 0 Å². The van der Waals surface area contributed by atoms with E-state index in [9.17, 15) is 4.79 Å². The quantitative estimate of drug-likeness (QED) is 0.456. The summed E-state index contributed by atoms with van der Waals surface area (Å²) in [6.45, 7) is 0.824. The molecule has 0 amide bonds. The Hall–Kier alpha value is -1.29. The molecule has 1 rings (SSSR count). The molecule has 0 aliphatic rings. The molecule has 1 aromatic rings. The lowest BCUT2D eigenvalue weighted by atomic mass is 10.2. The van der Waals surface area contributed by atoms with Gasteiger partial charge in [-0.1, -0.05) is 0 Å². The Balaban J connectivity index is 2.10. The third kappa shape index (κ3) is 4.09. The molecule has 0 aliphatic heterocycles. The van der Waals surface area contributed by atoms with Crippen LogP contribution >= 0.6 is 11.3 Å². The first-order valence-corrected chi connectivity index (χ1v) is 5.26. The highest BCUT2D eigenvalue weighted by Crippen LogP contribution is 2.05. The largest absolute Gasteiger partial charge is 0.466 e. The molecule has 76 valence electrons. The summed E-state index contributed by atoms with van der Waals surface area (Å²) in [5.74, 6) is -0.340. The number of rotatable bonds is 5. The lowest BCUT2D eigenvalue weighted by Crippen LogP contribution is -2.10. The van der Waals surface area contributed by atoms with E-state index in [1.807, 2.05) is 0 Å². The van der Waals surface area contributed by atoms with Crippen LogP contribution in [-0.4, -0.2) is 19.6 Å². The molecule has 0 fully saturated rings. The molecule has 0 atom stereocenters. The number of nitrogens with one attached hydrogen (secondary N) is 1. The molecule has 0 spiro atoms. The van der Waals surface area contributed by atoms with Crippen LogP contribution in [0.3, 0.4) is 0 Å². The second-order valence-electron chi connectivity index (χ2n) is 2.69. The number of esters is 1. The SMILES string of the molecule is COC(=O)/C=C/NCCc1ccsc1. The van der Waals surface area contributed by atoms with E-state index >= 15 is 0 Å². The Bertz CT molecular complexity index is 293. The summed E-state index contributed by atoms with van der Waals surface area (Å²) in [6, 6.07) is 2.09. The molecule has 1 aromatic heterocycles. The molecule has 3 nitrogen and oxygen atoms in total. The van der Waals surface area contributed by atoms with Crippen molar-refractivity contribution >= 4 is 17.3 Å². The molecule has 0 unspecified atom stereocenters. The second-order valence-corrected chi connectivity index (χ2v) is 3.47. The van der Waals surface area contributed by atoms with Gasteiger partial charge in [-0.25, -0.2) is 4.79 Å². The van der Waals surface area contributed by atoms with E-state index in [-0.39, 0.29) is 5.97 Å². The summed E-state index contributed by atoms with van der Waals surface area (Å²) in [7, 11) is 1.36. The zero-order valence-corrected chi connectivity index (χ0v) is 8.84. The van der Waals surface area contributed by atoms with E-state index in [1.54, 1.807) is 17.5 Å². The van der Waals surface area contributed by atoms with Gasteiger partial charge in [-0.2, -0.15) is 11.3 Å². The Morgan fingerprint density at radius 3 is 3.21 bits per heavy atom. The molecule has 0 bridgehead atoms. The molecule has 0 radical (unpaired) electrons. The van der Waals surface area contributed by atoms with Crippen LogP contribution in [0.4, 0.5) is 0 Å². The fourth-order valence-corrected chi connectivity index (χ4v) is 1.63. The third-order valence-electron chi connectivity index (χ3n) is 1.68.